The molecule has 0 spiro atoms. The van der Waals surface area contributed by atoms with Crippen molar-refractivity contribution < 1.29 is 22.3 Å². The Balaban J connectivity index is 0.00000264. The second-order valence-electron chi connectivity index (χ2n) is 5.21. The zero-order valence-corrected chi connectivity index (χ0v) is 14.8. The Morgan fingerprint density at radius 1 is 1.17 bits per heavy atom. The van der Waals surface area contributed by atoms with Gasteiger partial charge in [0.05, 0.1) is 0 Å². The van der Waals surface area contributed by atoms with E-state index in [1.807, 2.05) is 6.92 Å². The zero-order valence-electron chi connectivity index (χ0n) is 13.2. The van der Waals surface area contributed by atoms with Crippen LogP contribution >= 0.6 is 24.8 Å². The molecular formula is C15H22Cl2F4N2O. The standard InChI is InChI=1S/C15H20F4N2O.2ClH/c1-2-12(21-9-7-20-8-10-21)11-5-3-4-6-13(11)22-15(18,19)14(16)17;;/h3-6,12,14,20H,2,7-10H2,1H3;2*1H/t12-;;/m1../s1. The molecule has 1 aromatic rings. The van der Waals surface area contributed by atoms with Crippen molar-refractivity contribution in [1.29, 1.82) is 0 Å². The molecule has 0 bridgehead atoms. The van der Waals surface area contributed by atoms with E-state index >= 15 is 0 Å². The van der Waals surface area contributed by atoms with Crippen molar-refractivity contribution in [3.05, 3.63) is 29.8 Å². The molecule has 3 nitrogen and oxygen atoms in total. The molecule has 1 fully saturated rings. The van der Waals surface area contributed by atoms with Crippen molar-refractivity contribution in [3.8, 4) is 5.75 Å². The van der Waals surface area contributed by atoms with E-state index in [1.54, 1.807) is 12.1 Å². The SMILES string of the molecule is CC[C@H](c1ccccc1OC(F)(F)C(F)F)N1CCNCC1.Cl.Cl. The number of benzene rings is 1. The van der Waals surface area contributed by atoms with E-state index in [0.29, 0.717) is 12.0 Å². The van der Waals surface area contributed by atoms with Crippen LogP contribution in [0.4, 0.5) is 17.6 Å². The Kier molecular flexibility index (Phi) is 9.96. The van der Waals surface area contributed by atoms with Crippen LogP contribution in [0.2, 0.25) is 0 Å². The third-order valence-corrected chi connectivity index (χ3v) is 3.76. The van der Waals surface area contributed by atoms with E-state index in [4.69, 9.17) is 0 Å². The van der Waals surface area contributed by atoms with Crippen LogP contribution in [-0.2, 0) is 0 Å². The second kappa shape index (κ2) is 10.3. The minimum absolute atomic E-state index is 0. The highest BCUT2D eigenvalue weighted by Crippen LogP contribution is 2.36. The maximum atomic E-state index is 13.2. The van der Waals surface area contributed by atoms with Gasteiger partial charge in [0.15, 0.2) is 0 Å². The van der Waals surface area contributed by atoms with Crippen molar-refractivity contribution in [1.82, 2.24) is 10.2 Å². The van der Waals surface area contributed by atoms with Crippen LogP contribution < -0.4 is 10.1 Å². The summed E-state index contributed by atoms with van der Waals surface area (Å²) < 4.78 is 55.5. The first-order valence-electron chi connectivity index (χ1n) is 7.34. The Hall–Kier alpha value is -0.760. The topological polar surface area (TPSA) is 24.5 Å². The van der Waals surface area contributed by atoms with E-state index in [2.05, 4.69) is 15.0 Å². The zero-order chi connectivity index (χ0) is 16.2. The van der Waals surface area contributed by atoms with Gasteiger partial charge < -0.3 is 10.1 Å². The molecule has 0 aromatic heterocycles. The molecule has 2 rings (SSSR count). The Bertz CT molecular complexity index is 488. The lowest BCUT2D eigenvalue weighted by atomic mass is 10.0. The molecule has 0 aliphatic carbocycles. The van der Waals surface area contributed by atoms with Gasteiger partial charge in [0.25, 0.3) is 0 Å². The first-order chi connectivity index (χ1) is 10.5. The van der Waals surface area contributed by atoms with Gasteiger partial charge >= 0.3 is 12.5 Å². The highest BCUT2D eigenvalue weighted by molar-refractivity contribution is 5.85. The number of ether oxygens (including phenoxy) is 1. The fraction of sp³-hybridized carbons (Fsp3) is 0.600. The lowest BCUT2D eigenvalue weighted by Gasteiger charge is -2.35. The van der Waals surface area contributed by atoms with Gasteiger partial charge in [-0.15, -0.1) is 24.8 Å². The highest BCUT2D eigenvalue weighted by atomic mass is 35.5. The summed E-state index contributed by atoms with van der Waals surface area (Å²) in [7, 11) is 0. The van der Waals surface area contributed by atoms with Crippen LogP contribution in [0.1, 0.15) is 24.9 Å². The quantitative estimate of drug-likeness (QED) is 0.736. The Morgan fingerprint density at radius 3 is 2.29 bits per heavy atom. The molecule has 1 saturated heterocycles. The summed E-state index contributed by atoms with van der Waals surface area (Å²) in [5, 5.41) is 3.22. The fourth-order valence-electron chi connectivity index (χ4n) is 2.71. The van der Waals surface area contributed by atoms with Crippen LogP contribution in [0, 0.1) is 0 Å². The van der Waals surface area contributed by atoms with Crippen LogP contribution in [0.3, 0.4) is 0 Å². The van der Waals surface area contributed by atoms with Crippen molar-refractivity contribution >= 4 is 24.8 Å². The van der Waals surface area contributed by atoms with E-state index in [0.717, 1.165) is 26.2 Å². The third kappa shape index (κ3) is 5.65. The van der Waals surface area contributed by atoms with Gasteiger partial charge in [0, 0.05) is 37.8 Å². The molecule has 0 radical (unpaired) electrons. The molecule has 1 N–H and O–H groups in total. The molecule has 140 valence electrons. The van der Waals surface area contributed by atoms with Gasteiger partial charge in [-0.25, -0.2) is 0 Å². The summed E-state index contributed by atoms with van der Waals surface area (Å²) in [4.78, 5) is 2.15. The minimum atomic E-state index is -4.49. The summed E-state index contributed by atoms with van der Waals surface area (Å²) in [5.41, 5.74) is 0.521. The summed E-state index contributed by atoms with van der Waals surface area (Å²) in [6, 6.07) is 6.05. The molecule has 1 aliphatic rings. The second-order valence-corrected chi connectivity index (χ2v) is 5.21. The van der Waals surface area contributed by atoms with E-state index < -0.39 is 12.5 Å². The molecule has 9 heteroatoms. The maximum absolute atomic E-state index is 13.2. The van der Waals surface area contributed by atoms with Crippen molar-refractivity contribution in [2.75, 3.05) is 26.2 Å². The van der Waals surface area contributed by atoms with Gasteiger partial charge in [0.1, 0.15) is 5.75 Å². The molecule has 24 heavy (non-hydrogen) atoms. The fourth-order valence-corrected chi connectivity index (χ4v) is 2.71. The predicted molar refractivity (Wildman–Crippen MR) is 90.0 cm³/mol. The van der Waals surface area contributed by atoms with Gasteiger partial charge in [0.2, 0.25) is 0 Å². The largest absolute Gasteiger partial charge is 0.461 e. The number of alkyl halides is 4. The van der Waals surface area contributed by atoms with Crippen LogP contribution in [0.25, 0.3) is 0 Å². The van der Waals surface area contributed by atoms with Gasteiger partial charge in [-0.2, -0.15) is 17.6 Å². The summed E-state index contributed by atoms with van der Waals surface area (Å²) in [5.74, 6) is -0.182. The molecule has 0 amide bonds. The van der Waals surface area contributed by atoms with Gasteiger partial charge in [-0.05, 0) is 12.5 Å². The number of nitrogens with one attached hydrogen (secondary N) is 1. The number of hydrogen-bond acceptors (Lipinski definition) is 3. The Morgan fingerprint density at radius 2 is 1.75 bits per heavy atom. The monoisotopic (exact) mass is 392 g/mol. The number of halogens is 6. The first kappa shape index (κ1) is 23.2. The average Bonchev–Trinajstić information content (AvgIpc) is 2.50. The number of piperazine rings is 1. The smallest absolute Gasteiger partial charge is 0.428 e. The molecule has 0 saturated carbocycles. The maximum Gasteiger partial charge on any atom is 0.461 e. The van der Waals surface area contributed by atoms with Crippen LogP contribution in [0.15, 0.2) is 24.3 Å². The molecule has 1 aliphatic heterocycles. The average molecular weight is 393 g/mol. The molecule has 1 atom stereocenters. The molecular weight excluding hydrogens is 371 g/mol. The van der Waals surface area contributed by atoms with E-state index in [9.17, 15) is 17.6 Å². The molecule has 1 heterocycles. The predicted octanol–water partition coefficient (Wildman–Crippen LogP) is 4.12. The number of rotatable bonds is 6. The number of nitrogens with zero attached hydrogens (tertiary/aromatic N) is 1. The summed E-state index contributed by atoms with van der Waals surface area (Å²) in [6.07, 6.45) is -7.67. The molecule has 1 aromatic carbocycles. The first-order valence-corrected chi connectivity index (χ1v) is 7.34. The number of para-hydroxylation sites is 1. The highest BCUT2D eigenvalue weighted by Gasteiger charge is 2.44. The van der Waals surface area contributed by atoms with E-state index in [1.165, 1.54) is 12.1 Å². The van der Waals surface area contributed by atoms with Crippen LogP contribution in [-0.4, -0.2) is 43.6 Å². The molecule has 0 unspecified atom stereocenters. The summed E-state index contributed by atoms with van der Waals surface area (Å²) in [6.45, 7) is 5.12. The normalized spacial score (nSPS) is 16.9. The van der Waals surface area contributed by atoms with Crippen molar-refractivity contribution in [2.24, 2.45) is 0 Å². The minimum Gasteiger partial charge on any atom is -0.428 e. The lowest BCUT2D eigenvalue weighted by Crippen LogP contribution is -2.45. The van der Waals surface area contributed by atoms with Crippen molar-refractivity contribution in [3.63, 3.8) is 0 Å². The van der Waals surface area contributed by atoms with Crippen LogP contribution in [0.5, 0.6) is 5.75 Å². The van der Waals surface area contributed by atoms with Gasteiger partial charge in [-0.1, -0.05) is 25.1 Å². The lowest BCUT2D eigenvalue weighted by molar-refractivity contribution is -0.253. The van der Waals surface area contributed by atoms with Crippen molar-refractivity contribution in [2.45, 2.75) is 31.9 Å². The van der Waals surface area contributed by atoms with E-state index in [-0.39, 0.29) is 36.6 Å². The third-order valence-electron chi connectivity index (χ3n) is 3.76. The number of hydrogen-bond donors (Lipinski definition) is 1. The Labute approximate surface area is 151 Å². The van der Waals surface area contributed by atoms with Gasteiger partial charge in [-0.3, -0.25) is 4.90 Å². The summed E-state index contributed by atoms with van der Waals surface area (Å²) >= 11 is 0.